The van der Waals surface area contributed by atoms with Gasteiger partial charge in [0.1, 0.15) is 0 Å². The highest BCUT2D eigenvalue weighted by Crippen LogP contribution is 2.34. The molecule has 0 spiro atoms. The van der Waals surface area contributed by atoms with E-state index in [1.54, 1.807) is 0 Å². The maximum absolute atomic E-state index is 6.39. The standard InChI is InChI=1S/C24H27ClN4/c25-22-8-4-5-9-24(22)28-16-14-27(15-17-28)20-10-11-21(18-20)29-13-12-23(26-29)19-6-2-1-3-7-19/h1-9,12-13,20-21H,10-11,14-18H2/t20-,21-/m0/s1. The topological polar surface area (TPSA) is 24.3 Å². The highest BCUT2D eigenvalue weighted by Gasteiger charge is 2.32. The fourth-order valence-electron chi connectivity index (χ4n) is 4.85. The van der Waals surface area contributed by atoms with Crippen LogP contribution >= 0.6 is 11.6 Å². The summed E-state index contributed by atoms with van der Waals surface area (Å²) < 4.78 is 2.20. The summed E-state index contributed by atoms with van der Waals surface area (Å²) in [6, 6.07) is 22.0. The van der Waals surface area contributed by atoms with Crippen LogP contribution in [-0.4, -0.2) is 46.9 Å². The van der Waals surface area contributed by atoms with E-state index in [9.17, 15) is 0 Å². The summed E-state index contributed by atoms with van der Waals surface area (Å²) in [5.41, 5.74) is 3.43. The second kappa shape index (κ2) is 8.21. The Balaban J connectivity index is 1.19. The number of halogens is 1. The summed E-state index contributed by atoms with van der Waals surface area (Å²) in [7, 11) is 0. The van der Waals surface area contributed by atoms with Gasteiger partial charge in [-0.05, 0) is 37.5 Å². The number of benzene rings is 2. The molecule has 0 bridgehead atoms. The second-order valence-corrected chi connectivity index (χ2v) is 8.55. The van der Waals surface area contributed by atoms with E-state index in [0.717, 1.165) is 36.9 Å². The van der Waals surface area contributed by atoms with E-state index in [1.165, 1.54) is 30.5 Å². The lowest BCUT2D eigenvalue weighted by Gasteiger charge is -2.39. The summed E-state index contributed by atoms with van der Waals surface area (Å²) >= 11 is 6.39. The Morgan fingerprint density at radius 1 is 0.793 bits per heavy atom. The lowest BCUT2D eigenvalue weighted by atomic mass is 10.1. The van der Waals surface area contributed by atoms with E-state index in [1.807, 2.05) is 18.2 Å². The second-order valence-electron chi connectivity index (χ2n) is 8.14. The summed E-state index contributed by atoms with van der Waals surface area (Å²) in [5.74, 6) is 0. The first-order chi connectivity index (χ1) is 14.3. The van der Waals surface area contributed by atoms with Crippen LogP contribution in [0.25, 0.3) is 11.3 Å². The minimum atomic E-state index is 0.513. The number of anilines is 1. The van der Waals surface area contributed by atoms with Gasteiger partial charge in [-0.1, -0.05) is 54.1 Å². The quantitative estimate of drug-likeness (QED) is 0.601. The molecular weight excluding hydrogens is 380 g/mol. The molecule has 2 atom stereocenters. The smallest absolute Gasteiger partial charge is 0.0923 e. The average Bonchev–Trinajstić information content (AvgIpc) is 3.45. The van der Waals surface area contributed by atoms with Crippen molar-refractivity contribution in [3.63, 3.8) is 0 Å². The van der Waals surface area contributed by atoms with Gasteiger partial charge in [0.25, 0.3) is 0 Å². The van der Waals surface area contributed by atoms with Crippen LogP contribution in [0.3, 0.4) is 0 Å². The molecule has 5 heteroatoms. The normalized spacial score (nSPS) is 22.9. The molecule has 1 aliphatic carbocycles. The number of para-hydroxylation sites is 1. The Kier molecular flexibility index (Phi) is 5.30. The summed E-state index contributed by atoms with van der Waals surface area (Å²) in [4.78, 5) is 5.10. The van der Waals surface area contributed by atoms with Gasteiger partial charge in [-0.25, -0.2) is 0 Å². The zero-order valence-corrected chi connectivity index (χ0v) is 17.4. The summed E-state index contributed by atoms with van der Waals surface area (Å²) in [5, 5.41) is 5.74. The predicted octanol–water partition coefficient (Wildman–Crippen LogP) is 5.12. The molecule has 5 rings (SSSR count). The molecule has 2 fully saturated rings. The Hall–Kier alpha value is -2.30. The van der Waals surface area contributed by atoms with Crippen LogP contribution in [0, 0.1) is 0 Å². The van der Waals surface area contributed by atoms with E-state index in [4.69, 9.17) is 16.7 Å². The molecule has 0 radical (unpaired) electrons. The van der Waals surface area contributed by atoms with Crippen LogP contribution in [0.4, 0.5) is 5.69 Å². The van der Waals surface area contributed by atoms with Gasteiger partial charge in [0.15, 0.2) is 0 Å². The van der Waals surface area contributed by atoms with Gasteiger partial charge in [0, 0.05) is 44.0 Å². The van der Waals surface area contributed by atoms with E-state index < -0.39 is 0 Å². The van der Waals surface area contributed by atoms with Crippen molar-refractivity contribution >= 4 is 17.3 Å². The molecular formula is C24H27ClN4. The molecule has 150 valence electrons. The summed E-state index contributed by atoms with van der Waals surface area (Å²) in [6.45, 7) is 4.31. The fraction of sp³-hybridized carbons (Fsp3) is 0.375. The number of nitrogens with zero attached hydrogens (tertiary/aromatic N) is 4. The zero-order chi connectivity index (χ0) is 19.6. The number of hydrogen-bond donors (Lipinski definition) is 0. The average molecular weight is 407 g/mol. The van der Waals surface area contributed by atoms with E-state index in [2.05, 4.69) is 63.1 Å². The molecule has 3 aromatic rings. The number of aromatic nitrogens is 2. The van der Waals surface area contributed by atoms with Crippen LogP contribution in [0.15, 0.2) is 66.9 Å². The first-order valence-corrected chi connectivity index (χ1v) is 11.0. The molecule has 2 aromatic carbocycles. The molecule has 29 heavy (non-hydrogen) atoms. The molecule has 4 nitrogen and oxygen atoms in total. The van der Waals surface area contributed by atoms with Gasteiger partial charge in [-0.2, -0.15) is 5.10 Å². The Bertz CT molecular complexity index is 946. The molecule has 0 unspecified atom stereocenters. The van der Waals surface area contributed by atoms with Crippen LogP contribution in [0.2, 0.25) is 5.02 Å². The van der Waals surface area contributed by atoms with Gasteiger partial charge in [-0.15, -0.1) is 0 Å². The van der Waals surface area contributed by atoms with Crippen molar-refractivity contribution in [2.24, 2.45) is 0 Å². The van der Waals surface area contributed by atoms with Crippen molar-refractivity contribution in [3.05, 3.63) is 71.9 Å². The summed E-state index contributed by atoms with van der Waals surface area (Å²) in [6.07, 6.45) is 5.83. The monoisotopic (exact) mass is 406 g/mol. The first-order valence-electron chi connectivity index (χ1n) is 10.6. The number of piperazine rings is 1. The lowest BCUT2D eigenvalue weighted by molar-refractivity contribution is 0.183. The van der Waals surface area contributed by atoms with Crippen LogP contribution in [0.1, 0.15) is 25.3 Å². The third-order valence-corrected chi connectivity index (χ3v) is 6.77. The van der Waals surface area contributed by atoms with Crippen LogP contribution in [0.5, 0.6) is 0 Å². The van der Waals surface area contributed by atoms with Crippen molar-refractivity contribution in [1.82, 2.24) is 14.7 Å². The lowest BCUT2D eigenvalue weighted by Crippen LogP contribution is -2.49. The van der Waals surface area contributed by atoms with Crippen molar-refractivity contribution in [1.29, 1.82) is 0 Å². The fourth-order valence-corrected chi connectivity index (χ4v) is 5.10. The van der Waals surface area contributed by atoms with Crippen molar-refractivity contribution in [2.75, 3.05) is 31.1 Å². The molecule has 2 aliphatic rings. The van der Waals surface area contributed by atoms with E-state index in [0.29, 0.717) is 12.1 Å². The van der Waals surface area contributed by atoms with Crippen molar-refractivity contribution in [3.8, 4) is 11.3 Å². The third-order valence-electron chi connectivity index (χ3n) is 6.45. The predicted molar refractivity (Wildman–Crippen MR) is 120 cm³/mol. The van der Waals surface area contributed by atoms with E-state index >= 15 is 0 Å². The molecule has 0 amide bonds. The van der Waals surface area contributed by atoms with Crippen LogP contribution in [-0.2, 0) is 0 Å². The number of hydrogen-bond acceptors (Lipinski definition) is 3. The minimum Gasteiger partial charge on any atom is -0.368 e. The SMILES string of the molecule is Clc1ccccc1N1CCN([C@H]2CC[C@H](n3ccc(-c4ccccc4)n3)C2)CC1. The van der Waals surface area contributed by atoms with Crippen LogP contribution < -0.4 is 4.90 Å². The Morgan fingerprint density at radius 3 is 2.31 bits per heavy atom. The maximum atomic E-state index is 6.39. The molecule has 2 heterocycles. The van der Waals surface area contributed by atoms with Gasteiger partial charge < -0.3 is 4.90 Å². The molecule has 1 aliphatic heterocycles. The largest absolute Gasteiger partial charge is 0.368 e. The Labute approximate surface area is 177 Å². The van der Waals surface area contributed by atoms with Gasteiger partial charge in [0.2, 0.25) is 0 Å². The van der Waals surface area contributed by atoms with Crippen molar-refractivity contribution < 1.29 is 0 Å². The first kappa shape index (κ1) is 18.7. The van der Waals surface area contributed by atoms with Gasteiger partial charge in [-0.3, -0.25) is 9.58 Å². The molecule has 0 N–H and O–H groups in total. The highest BCUT2D eigenvalue weighted by molar-refractivity contribution is 6.33. The van der Waals surface area contributed by atoms with Crippen molar-refractivity contribution in [2.45, 2.75) is 31.3 Å². The molecule has 1 saturated carbocycles. The number of rotatable bonds is 4. The van der Waals surface area contributed by atoms with Gasteiger partial charge in [0.05, 0.1) is 22.4 Å². The molecule has 1 saturated heterocycles. The highest BCUT2D eigenvalue weighted by atomic mass is 35.5. The zero-order valence-electron chi connectivity index (χ0n) is 16.6. The minimum absolute atomic E-state index is 0.513. The van der Waals surface area contributed by atoms with Gasteiger partial charge >= 0.3 is 0 Å². The molecule has 1 aromatic heterocycles. The third kappa shape index (κ3) is 3.92. The Morgan fingerprint density at radius 2 is 1.52 bits per heavy atom. The van der Waals surface area contributed by atoms with E-state index in [-0.39, 0.29) is 0 Å². The maximum Gasteiger partial charge on any atom is 0.0923 e.